The number of halogens is 1. The smallest absolute Gasteiger partial charge is 0.307 e. The Morgan fingerprint density at radius 1 is 1.47 bits per heavy atom. The molecule has 0 saturated heterocycles. The Morgan fingerprint density at radius 2 is 2.18 bits per heavy atom. The van der Waals surface area contributed by atoms with Crippen LogP contribution >= 0.6 is 11.8 Å². The van der Waals surface area contributed by atoms with Gasteiger partial charge < -0.3 is 10.4 Å². The van der Waals surface area contributed by atoms with Crippen molar-refractivity contribution in [3.05, 3.63) is 29.6 Å². The third kappa shape index (κ3) is 4.44. The number of benzene rings is 1. The van der Waals surface area contributed by atoms with Crippen LogP contribution in [-0.4, -0.2) is 29.0 Å². The fourth-order valence-corrected chi connectivity index (χ4v) is 1.59. The second-order valence-corrected chi connectivity index (χ2v) is 4.22. The quantitative estimate of drug-likeness (QED) is 0.843. The second kappa shape index (κ2) is 6.24. The van der Waals surface area contributed by atoms with Gasteiger partial charge in [0.25, 0.3) is 0 Å². The van der Waals surface area contributed by atoms with Crippen molar-refractivity contribution in [3.63, 3.8) is 0 Å². The number of carbonyl (C=O) groups is 2. The van der Waals surface area contributed by atoms with Gasteiger partial charge in [-0.2, -0.15) is 11.8 Å². The zero-order valence-electron chi connectivity index (χ0n) is 9.20. The first-order valence-electron chi connectivity index (χ1n) is 4.82. The number of carboxylic acid groups (broad SMARTS) is 1. The summed E-state index contributed by atoms with van der Waals surface area (Å²) in [4.78, 5) is 21.7. The van der Waals surface area contributed by atoms with Gasteiger partial charge >= 0.3 is 5.97 Å². The summed E-state index contributed by atoms with van der Waals surface area (Å²) in [5.74, 6) is -1.65. The van der Waals surface area contributed by atoms with Crippen LogP contribution in [0.4, 0.5) is 10.1 Å². The zero-order chi connectivity index (χ0) is 12.8. The van der Waals surface area contributed by atoms with Crippen LogP contribution in [0, 0.1) is 5.82 Å². The number of carboxylic acids is 1. The summed E-state index contributed by atoms with van der Waals surface area (Å²) >= 11 is 1.36. The summed E-state index contributed by atoms with van der Waals surface area (Å²) in [6.45, 7) is 0. The number of hydrogen-bond acceptors (Lipinski definition) is 3. The van der Waals surface area contributed by atoms with Crippen molar-refractivity contribution in [1.29, 1.82) is 0 Å². The van der Waals surface area contributed by atoms with Crippen LogP contribution in [0.15, 0.2) is 18.2 Å². The molecule has 0 fully saturated rings. The third-order valence-corrected chi connectivity index (χ3v) is 2.50. The molecular weight excluding hydrogens is 245 g/mol. The van der Waals surface area contributed by atoms with Crippen LogP contribution in [0.1, 0.15) is 5.56 Å². The molecule has 1 amide bonds. The molecule has 4 nitrogen and oxygen atoms in total. The number of thioether (sulfide) groups is 1. The summed E-state index contributed by atoms with van der Waals surface area (Å²) < 4.78 is 13.4. The van der Waals surface area contributed by atoms with Crippen molar-refractivity contribution in [1.82, 2.24) is 0 Å². The second-order valence-electron chi connectivity index (χ2n) is 3.36. The highest BCUT2D eigenvalue weighted by Gasteiger charge is 2.08. The van der Waals surface area contributed by atoms with Gasteiger partial charge in [0.2, 0.25) is 5.91 Å². The first kappa shape index (κ1) is 13.5. The highest BCUT2D eigenvalue weighted by molar-refractivity contribution is 7.99. The molecule has 1 rings (SSSR count). The standard InChI is InChI=1S/C11H12FNO3S/c1-17-6-10(14)13-8-3-2-7(4-11(15)16)9(12)5-8/h2-3,5H,4,6H2,1H3,(H,13,14)(H,15,16). The molecule has 0 atom stereocenters. The normalized spacial score (nSPS) is 10.0. The van der Waals surface area contributed by atoms with Crippen molar-refractivity contribution < 1.29 is 19.1 Å². The van der Waals surface area contributed by atoms with E-state index in [2.05, 4.69) is 5.32 Å². The van der Waals surface area contributed by atoms with Crippen LogP contribution in [0.2, 0.25) is 0 Å². The summed E-state index contributed by atoms with van der Waals surface area (Å²) in [5, 5.41) is 11.1. The molecule has 92 valence electrons. The molecule has 0 aromatic heterocycles. The predicted octanol–water partition coefficient (Wildman–Crippen LogP) is 1.75. The molecular formula is C11H12FNO3S. The first-order chi connectivity index (χ1) is 8.02. The van der Waals surface area contributed by atoms with Gasteiger partial charge in [0.15, 0.2) is 0 Å². The number of aliphatic carboxylic acids is 1. The first-order valence-corrected chi connectivity index (χ1v) is 6.21. The largest absolute Gasteiger partial charge is 0.481 e. The Balaban J connectivity index is 2.74. The fourth-order valence-electron chi connectivity index (χ4n) is 1.26. The zero-order valence-corrected chi connectivity index (χ0v) is 10.0. The molecule has 0 spiro atoms. The molecule has 1 aromatic rings. The Labute approximate surface area is 102 Å². The van der Waals surface area contributed by atoms with Gasteiger partial charge in [-0.15, -0.1) is 0 Å². The lowest BCUT2D eigenvalue weighted by atomic mass is 10.1. The summed E-state index contributed by atoms with van der Waals surface area (Å²) in [6, 6.07) is 3.97. The molecule has 2 N–H and O–H groups in total. The van der Waals surface area contributed by atoms with E-state index in [1.165, 1.54) is 23.9 Å². The molecule has 0 aliphatic carbocycles. The molecule has 17 heavy (non-hydrogen) atoms. The lowest BCUT2D eigenvalue weighted by molar-refractivity contribution is -0.136. The van der Waals surface area contributed by atoms with Crippen LogP contribution in [0.5, 0.6) is 0 Å². The third-order valence-electron chi connectivity index (χ3n) is 1.95. The monoisotopic (exact) mass is 257 g/mol. The SMILES string of the molecule is CSCC(=O)Nc1ccc(CC(=O)O)c(F)c1. The van der Waals surface area contributed by atoms with Crippen molar-refractivity contribution in [2.24, 2.45) is 0 Å². The minimum Gasteiger partial charge on any atom is -0.481 e. The molecule has 6 heteroatoms. The average Bonchev–Trinajstić information content (AvgIpc) is 2.22. The molecule has 0 saturated carbocycles. The van der Waals surface area contributed by atoms with Crippen molar-refractivity contribution >= 4 is 29.3 Å². The Hall–Kier alpha value is -1.56. The molecule has 0 radical (unpaired) electrons. The summed E-state index contributed by atoms with van der Waals surface area (Å²) in [5.41, 5.74) is 0.427. The van der Waals surface area contributed by atoms with Gasteiger partial charge in [-0.05, 0) is 24.0 Å². The number of hydrogen-bond donors (Lipinski definition) is 2. The van der Waals surface area contributed by atoms with Crippen molar-refractivity contribution in [3.8, 4) is 0 Å². The molecule has 0 heterocycles. The van der Waals surface area contributed by atoms with E-state index in [1.807, 2.05) is 0 Å². The van der Waals surface area contributed by atoms with Gasteiger partial charge in [0, 0.05) is 5.69 Å². The van der Waals surface area contributed by atoms with Gasteiger partial charge in [0.05, 0.1) is 12.2 Å². The maximum atomic E-state index is 13.4. The summed E-state index contributed by atoms with van der Waals surface area (Å²) in [7, 11) is 0. The maximum absolute atomic E-state index is 13.4. The molecule has 0 unspecified atom stereocenters. The van der Waals surface area contributed by atoms with E-state index in [9.17, 15) is 14.0 Å². The summed E-state index contributed by atoms with van der Waals surface area (Å²) in [6.07, 6.45) is 1.42. The van der Waals surface area contributed by atoms with Gasteiger partial charge in [-0.1, -0.05) is 6.07 Å². The highest BCUT2D eigenvalue weighted by Crippen LogP contribution is 2.15. The Bertz CT molecular complexity index is 437. The number of nitrogens with one attached hydrogen (secondary N) is 1. The van der Waals surface area contributed by atoms with E-state index in [-0.39, 0.29) is 17.9 Å². The average molecular weight is 257 g/mol. The van der Waals surface area contributed by atoms with Crippen molar-refractivity contribution in [2.45, 2.75) is 6.42 Å². The van der Waals surface area contributed by atoms with Gasteiger partial charge in [-0.25, -0.2) is 4.39 Å². The number of anilines is 1. The Kier molecular flexibility index (Phi) is 4.96. The molecule has 0 aliphatic heterocycles. The van der Waals surface area contributed by atoms with E-state index >= 15 is 0 Å². The lowest BCUT2D eigenvalue weighted by Crippen LogP contribution is -2.14. The van der Waals surface area contributed by atoms with Crippen LogP contribution < -0.4 is 5.32 Å². The minimum absolute atomic E-state index is 0.0976. The van der Waals surface area contributed by atoms with Crippen LogP contribution in [-0.2, 0) is 16.0 Å². The maximum Gasteiger partial charge on any atom is 0.307 e. The van der Waals surface area contributed by atoms with Crippen LogP contribution in [0.25, 0.3) is 0 Å². The number of amides is 1. The molecule has 0 bridgehead atoms. The Morgan fingerprint density at radius 3 is 2.71 bits per heavy atom. The minimum atomic E-state index is -1.09. The van der Waals surface area contributed by atoms with E-state index in [1.54, 1.807) is 6.26 Å². The van der Waals surface area contributed by atoms with Gasteiger partial charge in [-0.3, -0.25) is 9.59 Å². The van der Waals surface area contributed by atoms with E-state index < -0.39 is 11.8 Å². The predicted molar refractivity (Wildman–Crippen MR) is 64.8 cm³/mol. The molecule has 0 aliphatic rings. The number of carbonyl (C=O) groups excluding carboxylic acids is 1. The topological polar surface area (TPSA) is 66.4 Å². The fraction of sp³-hybridized carbons (Fsp3) is 0.273. The lowest BCUT2D eigenvalue weighted by Gasteiger charge is -2.06. The van der Waals surface area contributed by atoms with Crippen LogP contribution in [0.3, 0.4) is 0 Å². The highest BCUT2D eigenvalue weighted by atomic mass is 32.2. The van der Waals surface area contributed by atoms with E-state index in [0.29, 0.717) is 11.4 Å². The van der Waals surface area contributed by atoms with Gasteiger partial charge in [0.1, 0.15) is 5.82 Å². The van der Waals surface area contributed by atoms with E-state index in [0.717, 1.165) is 6.07 Å². The number of rotatable bonds is 5. The van der Waals surface area contributed by atoms with Crippen molar-refractivity contribution in [2.75, 3.05) is 17.3 Å². The van der Waals surface area contributed by atoms with E-state index in [4.69, 9.17) is 5.11 Å². The molecule has 1 aromatic carbocycles.